The quantitative estimate of drug-likeness (QED) is 0.622. The highest BCUT2D eigenvalue weighted by atomic mass is 16.6. The summed E-state index contributed by atoms with van der Waals surface area (Å²) in [7, 11) is 2.68. The lowest BCUT2D eigenvalue weighted by atomic mass is 9.96. The number of benzene rings is 1. The van der Waals surface area contributed by atoms with Gasteiger partial charge in [0.2, 0.25) is 6.10 Å². The Kier molecular flexibility index (Phi) is 6.73. The fourth-order valence-electron chi connectivity index (χ4n) is 1.82. The average molecular weight is 350 g/mol. The van der Waals surface area contributed by atoms with Crippen LogP contribution >= 0.6 is 0 Å². The summed E-state index contributed by atoms with van der Waals surface area (Å²) in [6.45, 7) is 4.88. The minimum absolute atomic E-state index is 0.214. The number of ether oxygens (including phenoxy) is 3. The maximum atomic E-state index is 12.1. The predicted octanol–water partition coefficient (Wildman–Crippen LogP) is 2.60. The lowest BCUT2D eigenvalue weighted by Crippen LogP contribution is -2.28. The molecule has 0 amide bonds. The number of methoxy groups -OCH3 is 2. The third-order valence-corrected chi connectivity index (χ3v) is 3.24. The van der Waals surface area contributed by atoms with E-state index in [1.807, 2.05) is 0 Å². The van der Waals surface area contributed by atoms with E-state index in [-0.39, 0.29) is 5.56 Å². The molecule has 7 nitrogen and oxygen atoms in total. The molecular formula is C18H22O7. The van der Waals surface area contributed by atoms with Crippen LogP contribution in [0.15, 0.2) is 24.3 Å². The normalized spacial score (nSPS) is 12.5. The number of carbonyl (C=O) groups excluding carboxylic acids is 2. The Morgan fingerprint density at radius 2 is 1.80 bits per heavy atom. The van der Waals surface area contributed by atoms with Crippen LogP contribution in [0, 0.1) is 5.41 Å². The Balaban J connectivity index is 3.34. The van der Waals surface area contributed by atoms with Crippen LogP contribution in [-0.2, 0) is 23.9 Å². The molecule has 0 aliphatic carbocycles. The molecule has 0 saturated heterocycles. The second kappa shape index (κ2) is 8.32. The molecule has 1 aromatic carbocycles. The van der Waals surface area contributed by atoms with Crippen LogP contribution < -0.4 is 4.74 Å². The maximum Gasteiger partial charge on any atom is 0.349 e. The van der Waals surface area contributed by atoms with E-state index in [1.165, 1.54) is 32.4 Å². The molecule has 0 radical (unpaired) electrons. The molecule has 0 unspecified atom stereocenters. The van der Waals surface area contributed by atoms with E-state index >= 15 is 0 Å². The van der Waals surface area contributed by atoms with Crippen LogP contribution in [0.2, 0.25) is 0 Å². The smallest absolute Gasteiger partial charge is 0.349 e. The molecule has 1 rings (SSSR count). The lowest BCUT2D eigenvalue weighted by Gasteiger charge is -2.22. The summed E-state index contributed by atoms with van der Waals surface area (Å²) in [4.78, 5) is 35.1. The first-order valence-electron chi connectivity index (χ1n) is 7.48. The molecule has 0 fully saturated rings. The molecule has 25 heavy (non-hydrogen) atoms. The third kappa shape index (κ3) is 5.63. The molecule has 1 aromatic rings. The largest absolute Gasteiger partial charge is 0.497 e. The number of esters is 2. The van der Waals surface area contributed by atoms with Crippen molar-refractivity contribution in [3.8, 4) is 5.75 Å². The van der Waals surface area contributed by atoms with Crippen LogP contribution in [-0.4, -0.2) is 37.2 Å². The minimum Gasteiger partial charge on any atom is -0.497 e. The standard InChI is InChI=1S/C18H22O7/c1-18(2,3)17(22)25-15(16(20)21)13-8-7-12(23-4)10-11(13)6-9-14(19)24-5/h6-10,15H,1-5H3,(H,20,21)/b9-6+/t15-/m0/s1. The van der Waals surface area contributed by atoms with E-state index in [1.54, 1.807) is 26.8 Å². The molecule has 0 saturated carbocycles. The Morgan fingerprint density at radius 1 is 1.16 bits per heavy atom. The van der Waals surface area contributed by atoms with Gasteiger partial charge >= 0.3 is 17.9 Å². The summed E-state index contributed by atoms with van der Waals surface area (Å²) in [5.74, 6) is -2.12. The van der Waals surface area contributed by atoms with E-state index < -0.39 is 29.4 Å². The molecule has 1 N–H and O–H groups in total. The highest BCUT2D eigenvalue weighted by Crippen LogP contribution is 2.29. The van der Waals surface area contributed by atoms with Crippen LogP contribution in [0.4, 0.5) is 0 Å². The fraction of sp³-hybridized carbons (Fsp3) is 0.389. The fourth-order valence-corrected chi connectivity index (χ4v) is 1.82. The zero-order valence-corrected chi connectivity index (χ0v) is 14.9. The van der Waals surface area contributed by atoms with E-state index in [9.17, 15) is 19.5 Å². The van der Waals surface area contributed by atoms with Gasteiger partial charge in [0, 0.05) is 11.6 Å². The van der Waals surface area contributed by atoms with Gasteiger partial charge in [-0.3, -0.25) is 4.79 Å². The van der Waals surface area contributed by atoms with Crippen molar-refractivity contribution in [3.63, 3.8) is 0 Å². The van der Waals surface area contributed by atoms with Crippen molar-refractivity contribution < 1.29 is 33.7 Å². The molecule has 7 heteroatoms. The maximum absolute atomic E-state index is 12.1. The number of hydrogen-bond donors (Lipinski definition) is 1. The monoisotopic (exact) mass is 350 g/mol. The van der Waals surface area contributed by atoms with E-state index in [0.717, 1.165) is 6.08 Å². The topological polar surface area (TPSA) is 99.1 Å². The molecule has 0 bridgehead atoms. The Hall–Kier alpha value is -2.83. The van der Waals surface area contributed by atoms with Crippen LogP contribution in [0.25, 0.3) is 6.08 Å². The van der Waals surface area contributed by atoms with Gasteiger partial charge in [0.25, 0.3) is 0 Å². The molecule has 0 aliphatic heterocycles. The Morgan fingerprint density at radius 3 is 2.28 bits per heavy atom. The van der Waals surface area contributed by atoms with Crippen molar-refractivity contribution in [3.05, 3.63) is 35.4 Å². The first kappa shape index (κ1) is 20.2. The highest BCUT2D eigenvalue weighted by molar-refractivity contribution is 5.88. The van der Waals surface area contributed by atoms with Crippen LogP contribution in [0.5, 0.6) is 5.75 Å². The molecule has 1 atom stereocenters. The summed E-state index contributed by atoms with van der Waals surface area (Å²) in [5, 5.41) is 9.49. The molecule has 0 aliphatic rings. The summed E-state index contributed by atoms with van der Waals surface area (Å²) >= 11 is 0. The summed E-state index contributed by atoms with van der Waals surface area (Å²) in [6.07, 6.45) is 1.00. The van der Waals surface area contributed by atoms with Gasteiger partial charge in [-0.15, -0.1) is 0 Å². The van der Waals surface area contributed by atoms with Crippen LogP contribution in [0.1, 0.15) is 38.0 Å². The van der Waals surface area contributed by atoms with Crippen LogP contribution in [0.3, 0.4) is 0 Å². The first-order chi connectivity index (χ1) is 11.6. The van der Waals surface area contributed by atoms with Gasteiger partial charge in [0.05, 0.1) is 19.6 Å². The van der Waals surface area contributed by atoms with E-state index in [4.69, 9.17) is 9.47 Å². The summed E-state index contributed by atoms with van der Waals surface area (Å²) in [6, 6.07) is 4.56. The van der Waals surface area contributed by atoms with Gasteiger partial charge in [0.1, 0.15) is 5.75 Å². The highest BCUT2D eigenvalue weighted by Gasteiger charge is 2.32. The summed E-state index contributed by atoms with van der Waals surface area (Å²) < 4.78 is 14.8. The van der Waals surface area contributed by atoms with Gasteiger partial charge in [-0.2, -0.15) is 0 Å². The van der Waals surface area contributed by atoms with Gasteiger partial charge in [-0.25, -0.2) is 9.59 Å². The SMILES string of the molecule is COC(=O)/C=C/c1cc(OC)ccc1[C@H](OC(=O)C(C)(C)C)C(=O)O. The van der Waals surface area contributed by atoms with Crippen molar-refractivity contribution in [1.82, 2.24) is 0 Å². The number of carboxylic acids is 1. The van der Waals surface area contributed by atoms with Crippen molar-refractivity contribution in [2.24, 2.45) is 5.41 Å². The first-order valence-corrected chi connectivity index (χ1v) is 7.48. The minimum atomic E-state index is -1.52. The summed E-state index contributed by atoms with van der Waals surface area (Å²) in [5.41, 5.74) is -0.285. The zero-order chi connectivity index (χ0) is 19.2. The number of rotatable bonds is 6. The molecular weight excluding hydrogens is 328 g/mol. The number of carboxylic acid groups (broad SMARTS) is 1. The van der Waals surface area contributed by atoms with Crippen molar-refractivity contribution >= 4 is 24.0 Å². The Bertz CT molecular complexity index is 683. The molecule has 0 heterocycles. The lowest BCUT2D eigenvalue weighted by molar-refractivity contribution is -0.170. The molecule has 136 valence electrons. The van der Waals surface area contributed by atoms with Gasteiger partial charge < -0.3 is 19.3 Å². The second-order valence-electron chi connectivity index (χ2n) is 6.22. The van der Waals surface area contributed by atoms with Crippen molar-refractivity contribution in [2.75, 3.05) is 14.2 Å². The van der Waals surface area contributed by atoms with E-state index in [0.29, 0.717) is 11.3 Å². The van der Waals surface area contributed by atoms with Gasteiger partial charge in [-0.05, 0) is 44.5 Å². The second-order valence-corrected chi connectivity index (χ2v) is 6.22. The van der Waals surface area contributed by atoms with Crippen molar-refractivity contribution in [1.29, 1.82) is 0 Å². The number of hydrogen-bond acceptors (Lipinski definition) is 6. The molecule has 0 aromatic heterocycles. The van der Waals surface area contributed by atoms with E-state index in [2.05, 4.69) is 4.74 Å². The molecule has 0 spiro atoms. The third-order valence-electron chi connectivity index (χ3n) is 3.24. The van der Waals surface area contributed by atoms with Crippen molar-refractivity contribution in [2.45, 2.75) is 26.9 Å². The number of aliphatic carboxylic acids is 1. The van der Waals surface area contributed by atoms with Gasteiger partial charge in [0.15, 0.2) is 0 Å². The van der Waals surface area contributed by atoms with Gasteiger partial charge in [-0.1, -0.05) is 6.07 Å². The number of carbonyl (C=O) groups is 3. The Labute approximate surface area is 146 Å². The predicted molar refractivity (Wildman–Crippen MR) is 90.0 cm³/mol. The average Bonchev–Trinajstić information content (AvgIpc) is 2.55. The zero-order valence-electron chi connectivity index (χ0n) is 14.9.